The van der Waals surface area contributed by atoms with Crippen LogP contribution in [0.3, 0.4) is 0 Å². The molecule has 176 valence electrons. The van der Waals surface area contributed by atoms with E-state index in [0.29, 0.717) is 43.9 Å². The van der Waals surface area contributed by atoms with E-state index in [4.69, 9.17) is 19.0 Å². The summed E-state index contributed by atoms with van der Waals surface area (Å²) in [6.45, 7) is 0.245. The van der Waals surface area contributed by atoms with Gasteiger partial charge in [-0.3, -0.25) is 4.79 Å². The quantitative estimate of drug-likeness (QED) is 0.389. The highest BCUT2D eigenvalue weighted by Crippen LogP contribution is 2.35. The maximum absolute atomic E-state index is 12.9. The minimum Gasteiger partial charge on any atom is -0.485 e. The SMILES string of the molecule is NS(=O)(=O)c1ccc(-c2ccc(/C=c3\sc4nc(C5COc6ccccc6O5)nn4c3=O)o2)cc1. The minimum absolute atomic E-state index is 0.0128. The van der Waals surface area contributed by atoms with E-state index in [1.165, 1.54) is 28.0 Å². The van der Waals surface area contributed by atoms with Crippen LogP contribution in [0.4, 0.5) is 0 Å². The predicted octanol–water partition coefficient (Wildman–Crippen LogP) is 2.12. The Hall–Kier alpha value is -4.00. The summed E-state index contributed by atoms with van der Waals surface area (Å²) >= 11 is 1.18. The van der Waals surface area contributed by atoms with Crippen LogP contribution in [0, 0.1) is 0 Å². The number of nitrogens with zero attached hydrogens (tertiary/aromatic N) is 3. The molecule has 1 unspecified atom stereocenters. The van der Waals surface area contributed by atoms with Crippen LogP contribution in [0.2, 0.25) is 0 Å². The highest BCUT2D eigenvalue weighted by molar-refractivity contribution is 7.89. The van der Waals surface area contributed by atoms with Crippen molar-refractivity contribution in [2.75, 3.05) is 6.61 Å². The fourth-order valence-electron chi connectivity index (χ4n) is 3.66. The molecule has 0 saturated carbocycles. The van der Waals surface area contributed by atoms with E-state index in [0.717, 1.165) is 0 Å². The Bertz CT molecular complexity index is 1790. The van der Waals surface area contributed by atoms with Crippen molar-refractivity contribution in [3.8, 4) is 22.8 Å². The standard InChI is InChI=1S/C23H16N4O6S2/c24-35(29,30)15-8-5-13(6-9-15)16-10-7-14(32-16)11-20-22(28)27-23(34-20)25-21(26-27)19-12-31-17-3-1-2-4-18(17)33-19/h1-11,19H,12H2,(H2,24,29,30)/b20-11-. The molecule has 2 aromatic carbocycles. The maximum atomic E-state index is 12.9. The number of hydrogen-bond acceptors (Lipinski definition) is 9. The summed E-state index contributed by atoms with van der Waals surface area (Å²) < 4.78 is 42.0. The number of benzene rings is 2. The number of nitrogens with two attached hydrogens (primary N) is 1. The van der Waals surface area contributed by atoms with Gasteiger partial charge >= 0.3 is 0 Å². The molecular weight excluding hydrogens is 492 g/mol. The molecule has 35 heavy (non-hydrogen) atoms. The second-order valence-electron chi connectivity index (χ2n) is 7.72. The monoisotopic (exact) mass is 508 g/mol. The molecule has 0 radical (unpaired) electrons. The number of thiazole rings is 1. The molecule has 12 heteroatoms. The molecule has 0 fully saturated rings. The zero-order valence-corrected chi connectivity index (χ0v) is 19.5. The van der Waals surface area contributed by atoms with Crippen molar-refractivity contribution in [3.63, 3.8) is 0 Å². The van der Waals surface area contributed by atoms with Crippen molar-refractivity contribution in [2.45, 2.75) is 11.0 Å². The number of aromatic nitrogens is 3. The smallest absolute Gasteiger partial charge is 0.291 e. The lowest BCUT2D eigenvalue weighted by molar-refractivity contribution is 0.0852. The first-order valence-electron chi connectivity index (χ1n) is 10.4. The molecule has 0 spiro atoms. The van der Waals surface area contributed by atoms with Gasteiger partial charge in [-0.25, -0.2) is 13.6 Å². The van der Waals surface area contributed by atoms with Crippen molar-refractivity contribution in [1.29, 1.82) is 0 Å². The molecule has 1 aliphatic rings. The third kappa shape index (κ3) is 3.97. The number of furan rings is 1. The van der Waals surface area contributed by atoms with Crippen molar-refractivity contribution in [2.24, 2.45) is 5.14 Å². The summed E-state index contributed by atoms with van der Waals surface area (Å²) in [4.78, 5) is 17.8. The van der Waals surface area contributed by atoms with Gasteiger partial charge in [0.05, 0.1) is 4.90 Å². The van der Waals surface area contributed by atoms with Gasteiger partial charge in [0.2, 0.25) is 15.0 Å². The summed E-state index contributed by atoms with van der Waals surface area (Å²) in [6.07, 6.45) is 1.10. The first-order chi connectivity index (χ1) is 16.8. The van der Waals surface area contributed by atoms with Gasteiger partial charge in [0.1, 0.15) is 22.7 Å². The summed E-state index contributed by atoms with van der Waals surface area (Å²) in [6, 6.07) is 16.8. The topological polar surface area (TPSA) is 139 Å². The molecule has 4 heterocycles. The first kappa shape index (κ1) is 21.5. The van der Waals surface area contributed by atoms with Crippen LogP contribution in [-0.2, 0) is 10.0 Å². The van der Waals surface area contributed by atoms with Gasteiger partial charge in [-0.15, -0.1) is 5.10 Å². The molecule has 0 amide bonds. The molecule has 1 atom stereocenters. The van der Waals surface area contributed by atoms with Gasteiger partial charge in [0, 0.05) is 11.6 Å². The van der Waals surface area contributed by atoms with E-state index >= 15 is 0 Å². The maximum Gasteiger partial charge on any atom is 0.291 e. The van der Waals surface area contributed by atoms with E-state index in [-0.39, 0.29) is 17.1 Å². The molecule has 5 aromatic rings. The fourth-order valence-corrected chi connectivity index (χ4v) is 5.07. The van der Waals surface area contributed by atoms with Crippen LogP contribution < -0.4 is 24.7 Å². The van der Waals surface area contributed by atoms with Gasteiger partial charge in [0.25, 0.3) is 5.56 Å². The van der Waals surface area contributed by atoms with Crippen LogP contribution in [0.5, 0.6) is 11.5 Å². The van der Waals surface area contributed by atoms with Crippen molar-refractivity contribution in [3.05, 3.63) is 87.1 Å². The number of para-hydroxylation sites is 2. The van der Waals surface area contributed by atoms with Crippen LogP contribution in [0.1, 0.15) is 17.7 Å². The lowest BCUT2D eigenvalue weighted by Gasteiger charge is -2.24. The third-order valence-electron chi connectivity index (χ3n) is 5.36. The molecule has 2 N–H and O–H groups in total. The Labute approximate surface area is 201 Å². The first-order valence-corrected chi connectivity index (χ1v) is 12.7. The van der Waals surface area contributed by atoms with E-state index < -0.39 is 16.1 Å². The van der Waals surface area contributed by atoms with Gasteiger partial charge in [-0.1, -0.05) is 23.5 Å². The average molecular weight is 509 g/mol. The molecule has 0 bridgehead atoms. The Morgan fingerprint density at radius 2 is 1.83 bits per heavy atom. The Morgan fingerprint density at radius 3 is 2.57 bits per heavy atom. The second-order valence-corrected chi connectivity index (χ2v) is 10.3. The number of primary sulfonamides is 1. The molecule has 0 aliphatic carbocycles. The number of rotatable bonds is 4. The zero-order valence-electron chi connectivity index (χ0n) is 17.8. The number of hydrogen-bond donors (Lipinski definition) is 1. The molecule has 1 aliphatic heterocycles. The van der Waals surface area contributed by atoms with Crippen molar-refractivity contribution >= 4 is 32.4 Å². The summed E-state index contributed by atoms with van der Waals surface area (Å²) in [5, 5.41) is 9.47. The average Bonchev–Trinajstić information content (AvgIpc) is 3.56. The largest absolute Gasteiger partial charge is 0.485 e. The lowest BCUT2D eigenvalue weighted by Crippen LogP contribution is -2.26. The molecular formula is C23H16N4O6S2. The second kappa shape index (κ2) is 8.05. The van der Waals surface area contributed by atoms with Gasteiger partial charge in [-0.05, 0) is 48.5 Å². The Balaban J connectivity index is 1.27. The van der Waals surface area contributed by atoms with Crippen molar-refractivity contribution in [1.82, 2.24) is 14.6 Å². The minimum atomic E-state index is -3.77. The summed E-state index contributed by atoms with van der Waals surface area (Å²) in [7, 11) is -3.77. The molecule has 6 rings (SSSR count). The molecule has 0 saturated heterocycles. The predicted molar refractivity (Wildman–Crippen MR) is 127 cm³/mol. The lowest BCUT2D eigenvalue weighted by atomic mass is 10.2. The summed E-state index contributed by atoms with van der Waals surface area (Å²) in [5.74, 6) is 2.60. The Kier molecular flexibility index (Phi) is 4.95. The van der Waals surface area contributed by atoms with E-state index in [9.17, 15) is 13.2 Å². The van der Waals surface area contributed by atoms with E-state index in [2.05, 4.69) is 10.1 Å². The van der Waals surface area contributed by atoms with Crippen LogP contribution in [-0.4, -0.2) is 29.6 Å². The van der Waals surface area contributed by atoms with Gasteiger partial charge in [-0.2, -0.15) is 9.50 Å². The summed E-state index contributed by atoms with van der Waals surface area (Å²) in [5.41, 5.74) is 0.347. The number of fused-ring (bicyclic) bond motifs is 2. The van der Waals surface area contributed by atoms with Crippen LogP contribution in [0.15, 0.2) is 74.8 Å². The van der Waals surface area contributed by atoms with E-state index in [1.807, 2.05) is 18.2 Å². The van der Waals surface area contributed by atoms with E-state index in [1.54, 1.807) is 36.4 Å². The fraction of sp³-hybridized carbons (Fsp3) is 0.0870. The molecule has 10 nitrogen and oxygen atoms in total. The third-order valence-corrected chi connectivity index (χ3v) is 7.25. The highest BCUT2D eigenvalue weighted by Gasteiger charge is 2.27. The van der Waals surface area contributed by atoms with Crippen molar-refractivity contribution < 1.29 is 22.3 Å². The Morgan fingerprint density at radius 1 is 1.06 bits per heavy atom. The van der Waals surface area contributed by atoms with Crippen LogP contribution >= 0.6 is 11.3 Å². The number of ether oxygens (including phenoxy) is 2. The number of sulfonamides is 1. The van der Waals surface area contributed by atoms with Gasteiger partial charge in [0.15, 0.2) is 23.4 Å². The highest BCUT2D eigenvalue weighted by atomic mass is 32.2. The normalized spacial score (nSPS) is 16.1. The molecule has 3 aromatic heterocycles. The van der Waals surface area contributed by atoms with Gasteiger partial charge < -0.3 is 13.9 Å². The van der Waals surface area contributed by atoms with Crippen LogP contribution in [0.25, 0.3) is 22.4 Å². The zero-order chi connectivity index (χ0) is 24.2.